The molecule has 116 valence electrons. The maximum absolute atomic E-state index is 12.7. The van der Waals surface area contributed by atoms with Gasteiger partial charge in [-0.2, -0.15) is 0 Å². The smallest absolute Gasteiger partial charge is 0.347 e. The molecule has 0 heterocycles. The molecule has 0 fully saturated rings. The number of amides is 1. The van der Waals surface area contributed by atoms with Gasteiger partial charge in [0.1, 0.15) is 11.6 Å². The molecule has 0 aliphatic heterocycles. The zero-order chi connectivity index (χ0) is 15.7. The number of hydrogen-bond donors (Lipinski definition) is 1. The van der Waals surface area contributed by atoms with Crippen molar-refractivity contribution >= 4 is 11.9 Å². The lowest BCUT2D eigenvalue weighted by atomic mass is 10.3. The summed E-state index contributed by atoms with van der Waals surface area (Å²) in [7, 11) is 1.51. The summed E-state index contributed by atoms with van der Waals surface area (Å²) >= 11 is 0. The van der Waals surface area contributed by atoms with E-state index in [4.69, 9.17) is 14.2 Å². The van der Waals surface area contributed by atoms with Crippen molar-refractivity contribution in [2.24, 2.45) is 0 Å². The van der Waals surface area contributed by atoms with Gasteiger partial charge in [0.25, 0.3) is 5.91 Å². The number of esters is 1. The van der Waals surface area contributed by atoms with E-state index in [1.807, 2.05) is 0 Å². The Morgan fingerprint density at radius 1 is 1.29 bits per heavy atom. The van der Waals surface area contributed by atoms with Crippen LogP contribution in [0.15, 0.2) is 24.3 Å². The number of methoxy groups -OCH3 is 1. The molecule has 0 bridgehead atoms. The maximum Gasteiger partial charge on any atom is 0.347 e. The molecular weight excluding hydrogens is 281 g/mol. The average Bonchev–Trinajstić information content (AvgIpc) is 2.47. The Morgan fingerprint density at radius 3 is 2.57 bits per heavy atom. The molecule has 0 saturated heterocycles. The van der Waals surface area contributed by atoms with Crippen molar-refractivity contribution in [3.8, 4) is 5.75 Å². The first-order chi connectivity index (χ1) is 10.0. The first-order valence-corrected chi connectivity index (χ1v) is 6.37. The van der Waals surface area contributed by atoms with Crippen LogP contribution >= 0.6 is 0 Å². The first kappa shape index (κ1) is 16.9. The van der Waals surface area contributed by atoms with Gasteiger partial charge in [-0.15, -0.1) is 0 Å². The number of hydrogen-bond acceptors (Lipinski definition) is 5. The van der Waals surface area contributed by atoms with Crippen molar-refractivity contribution in [2.45, 2.75) is 13.0 Å². The number of carbonyl (C=O) groups is 2. The predicted molar refractivity (Wildman–Crippen MR) is 72.3 cm³/mol. The molecule has 0 aliphatic rings. The van der Waals surface area contributed by atoms with Crippen LogP contribution < -0.4 is 10.1 Å². The van der Waals surface area contributed by atoms with Crippen LogP contribution in [0.4, 0.5) is 4.39 Å². The van der Waals surface area contributed by atoms with Gasteiger partial charge in [-0.25, -0.2) is 9.18 Å². The van der Waals surface area contributed by atoms with Gasteiger partial charge in [-0.05, 0) is 31.2 Å². The molecule has 1 atom stereocenters. The second kappa shape index (κ2) is 8.91. The highest BCUT2D eigenvalue weighted by molar-refractivity contribution is 5.81. The fourth-order valence-corrected chi connectivity index (χ4v) is 1.36. The summed E-state index contributed by atoms with van der Waals surface area (Å²) in [5.41, 5.74) is 0. The molecular formula is C14H18FNO5. The van der Waals surface area contributed by atoms with Crippen molar-refractivity contribution < 1.29 is 28.2 Å². The van der Waals surface area contributed by atoms with Crippen molar-refractivity contribution in [3.05, 3.63) is 30.1 Å². The van der Waals surface area contributed by atoms with E-state index in [-0.39, 0.29) is 6.61 Å². The van der Waals surface area contributed by atoms with E-state index in [1.165, 1.54) is 38.3 Å². The molecule has 0 aliphatic carbocycles. The van der Waals surface area contributed by atoms with Gasteiger partial charge >= 0.3 is 5.97 Å². The molecule has 1 aromatic rings. The standard InChI is InChI=1S/C14H18FNO5/c1-10(21-12-5-3-11(15)4-6-12)14(18)20-9-13(17)16-7-8-19-2/h3-6,10H,7-9H2,1-2H3,(H,16,17)/t10-/m1/s1. The number of ether oxygens (including phenoxy) is 3. The molecule has 0 aromatic heterocycles. The van der Waals surface area contributed by atoms with E-state index in [9.17, 15) is 14.0 Å². The van der Waals surface area contributed by atoms with Crippen LogP contribution in [0.3, 0.4) is 0 Å². The van der Waals surface area contributed by atoms with E-state index >= 15 is 0 Å². The Kier molecular flexibility index (Phi) is 7.17. The molecule has 1 aromatic carbocycles. The lowest BCUT2D eigenvalue weighted by Gasteiger charge is -2.13. The molecule has 1 amide bonds. The second-order valence-electron chi connectivity index (χ2n) is 4.16. The van der Waals surface area contributed by atoms with E-state index in [0.29, 0.717) is 18.9 Å². The number of halogens is 1. The fraction of sp³-hybridized carbons (Fsp3) is 0.429. The summed E-state index contributed by atoms with van der Waals surface area (Å²) in [5.74, 6) is -1.16. The lowest BCUT2D eigenvalue weighted by Crippen LogP contribution is -2.34. The number of nitrogens with one attached hydrogen (secondary N) is 1. The van der Waals surface area contributed by atoms with Gasteiger partial charge in [0.15, 0.2) is 12.7 Å². The maximum atomic E-state index is 12.7. The van der Waals surface area contributed by atoms with Crippen molar-refractivity contribution in [3.63, 3.8) is 0 Å². The van der Waals surface area contributed by atoms with Crippen molar-refractivity contribution in [1.82, 2.24) is 5.32 Å². The lowest BCUT2D eigenvalue weighted by molar-refractivity contribution is -0.154. The molecule has 0 unspecified atom stereocenters. The van der Waals surface area contributed by atoms with Gasteiger partial charge < -0.3 is 19.5 Å². The zero-order valence-corrected chi connectivity index (χ0v) is 11.9. The molecule has 0 spiro atoms. The van der Waals surface area contributed by atoms with Crippen LogP contribution in [0.25, 0.3) is 0 Å². The van der Waals surface area contributed by atoms with Crippen molar-refractivity contribution in [1.29, 1.82) is 0 Å². The third-order valence-corrected chi connectivity index (χ3v) is 2.43. The minimum Gasteiger partial charge on any atom is -0.479 e. The minimum atomic E-state index is -0.901. The summed E-state index contributed by atoms with van der Waals surface area (Å²) in [6, 6.07) is 5.24. The Hall–Kier alpha value is -2.15. The van der Waals surface area contributed by atoms with E-state index < -0.39 is 23.8 Å². The highest BCUT2D eigenvalue weighted by atomic mass is 19.1. The summed E-state index contributed by atoms with van der Waals surface area (Å²) < 4.78 is 27.6. The quantitative estimate of drug-likeness (QED) is 0.570. The van der Waals surface area contributed by atoms with Gasteiger partial charge in [0.05, 0.1) is 6.61 Å². The van der Waals surface area contributed by atoms with Crippen LogP contribution in [0.5, 0.6) is 5.75 Å². The van der Waals surface area contributed by atoms with Gasteiger partial charge in [0.2, 0.25) is 0 Å². The van der Waals surface area contributed by atoms with E-state index in [1.54, 1.807) is 0 Å². The Bertz CT molecular complexity index is 463. The highest BCUT2D eigenvalue weighted by Gasteiger charge is 2.17. The van der Waals surface area contributed by atoms with Crippen LogP contribution in [0.2, 0.25) is 0 Å². The molecule has 1 rings (SSSR count). The summed E-state index contributed by atoms with van der Waals surface area (Å²) in [4.78, 5) is 22.9. The van der Waals surface area contributed by atoms with E-state index in [0.717, 1.165) is 0 Å². The van der Waals surface area contributed by atoms with Gasteiger partial charge in [0, 0.05) is 13.7 Å². The average molecular weight is 299 g/mol. The normalized spacial score (nSPS) is 11.6. The second-order valence-corrected chi connectivity index (χ2v) is 4.16. The summed E-state index contributed by atoms with van der Waals surface area (Å²) in [6.07, 6.45) is -0.901. The zero-order valence-electron chi connectivity index (χ0n) is 11.9. The third-order valence-electron chi connectivity index (χ3n) is 2.43. The minimum absolute atomic E-state index is 0.338. The van der Waals surface area contributed by atoms with Gasteiger partial charge in [-0.3, -0.25) is 4.79 Å². The Balaban J connectivity index is 2.30. The SMILES string of the molecule is COCCNC(=O)COC(=O)[C@@H](C)Oc1ccc(F)cc1. The van der Waals surface area contributed by atoms with E-state index in [2.05, 4.69) is 5.32 Å². The topological polar surface area (TPSA) is 73.9 Å². The molecule has 21 heavy (non-hydrogen) atoms. The number of carbonyl (C=O) groups excluding carboxylic acids is 2. The Labute approximate surface area is 122 Å². The van der Waals surface area contributed by atoms with Crippen LogP contribution in [0, 0.1) is 5.82 Å². The largest absolute Gasteiger partial charge is 0.479 e. The van der Waals surface area contributed by atoms with Crippen molar-refractivity contribution in [2.75, 3.05) is 26.9 Å². The summed E-state index contributed by atoms with van der Waals surface area (Å²) in [5, 5.41) is 2.51. The Morgan fingerprint density at radius 2 is 1.95 bits per heavy atom. The van der Waals surface area contributed by atoms with Crippen LogP contribution in [0.1, 0.15) is 6.92 Å². The molecule has 0 radical (unpaired) electrons. The van der Waals surface area contributed by atoms with Crippen LogP contribution in [-0.2, 0) is 19.1 Å². The monoisotopic (exact) mass is 299 g/mol. The molecule has 7 heteroatoms. The number of rotatable bonds is 8. The highest BCUT2D eigenvalue weighted by Crippen LogP contribution is 2.13. The molecule has 0 saturated carbocycles. The van der Waals surface area contributed by atoms with Crippen LogP contribution in [-0.4, -0.2) is 44.8 Å². The predicted octanol–water partition coefficient (Wildman–Crippen LogP) is 0.899. The van der Waals surface area contributed by atoms with Gasteiger partial charge in [-0.1, -0.05) is 0 Å². The summed E-state index contributed by atoms with van der Waals surface area (Å²) in [6.45, 7) is 1.81. The fourth-order valence-electron chi connectivity index (χ4n) is 1.36. The first-order valence-electron chi connectivity index (χ1n) is 6.37. The number of benzene rings is 1. The third kappa shape index (κ3) is 6.71. The molecule has 6 nitrogen and oxygen atoms in total. The molecule has 1 N–H and O–H groups in total.